The van der Waals surface area contributed by atoms with Gasteiger partial charge < -0.3 is 14.9 Å². The normalized spacial score (nSPS) is 10.9. The second-order valence-electron chi connectivity index (χ2n) is 3.09. The Bertz CT molecular complexity index is 435. The minimum absolute atomic E-state index is 0.0323. The molecule has 18 heavy (non-hydrogen) atoms. The number of nitrogens with two attached hydrogens (primary N) is 1. The molecule has 0 radical (unpaired) electrons. The lowest BCUT2D eigenvalue weighted by Crippen LogP contribution is -2.21. The van der Waals surface area contributed by atoms with Crippen molar-refractivity contribution in [1.29, 1.82) is 0 Å². The molecule has 0 fully saturated rings. The number of ether oxygens (including phenoxy) is 2. The third kappa shape index (κ3) is 3.52. The number of benzene rings is 1. The van der Waals surface area contributed by atoms with Gasteiger partial charge in [0.25, 0.3) is 0 Å². The van der Waals surface area contributed by atoms with E-state index in [4.69, 9.17) is 5.84 Å². The van der Waals surface area contributed by atoms with E-state index < -0.39 is 18.1 Å². The lowest BCUT2D eigenvalue weighted by Gasteiger charge is -2.15. The van der Waals surface area contributed by atoms with E-state index in [1.54, 1.807) is 0 Å². The number of para-hydroxylation sites is 1. The summed E-state index contributed by atoms with van der Waals surface area (Å²) in [4.78, 5) is 11.5. The molecule has 0 atom stereocenters. The van der Waals surface area contributed by atoms with E-state index in [0.717, 1.165) is 6.07 Å². The number of rotatable bonds is 4. The largest absolute Gasteiger partial charge is 0.573 e. The number of esters is 1. The van der Waals surface area contributed by atoms with E-state index in [-0.39, 0.29) is 17.9 Å². The Balaban J connectivity index is 3.20. The average Bonchev–Trinajstić information content (AvgIpc) is 2.27. The molecule has 0 aromatic heterocycles. The summed E-state index contributed by atoms with van der Waals surface area (Å²) in [5.41, 5.74) is 1.50. The molecule has 1 aromatic rings. The summed E-state index contributed by atoms with van der Waals surface area (Å²) in [6.07, 6.45) is -4.94. The fourth-order valence-electron chi connectivity index (χ4n) is 1.25. The zero-order valence-corrected chi connectivity index (χ0v) is 9.38. The number of nitrogen functional groups attached to an aromatic ring is 1. The molecule has 1 rings (SSSR count). The first kappa shape index (κ1) is 14.1. The molecule has 0 spiro atoms. The van der Waals surface area contributed by atoms with Crippen molar-refractivity contribution in [3.05, 3.63) is 23.8 Å². The maximum absolute atomic E-state index is 12.2. The Hall–Kier alpha value is -1.96. The molecule has 8 heteroatoms. The standard InChI is InChI=1S/C10H11F3N2O3/c1-2-17-9(16)6-4-3-5-7(15-14)8(6)18-10(11,12)13/h3-5,15H,2,14H2,1H3. The first-order chi connectivity index (χ1) is 8.39. The molecule has 0 unspecified atom stereocenters. The van der Waals surface area contributed by atoms with Crippen LogP contribution in [-0.2, 0) is 4.74 Å². The maximum Gasteiger partial charge on any atom is 0.573 e. The van der Waals surface area contributed by atoms with Gasteiger partial charge in [0.1, 0.15) is 5.56 Å². The first-order valence-corrected chi connectivity index (χ1v) is 4.91. The van der Waals surface area contributed by atoms with Crippen molar-refractivity contribution in [2.75, 3.05) is 12.0 Å². The highest BCUT2D eigenvalue weighted by Crippen LogP contribution is 2.33. The van der Waals surface area contributed by atoms with Crippen LogP contribution in [-0.4, -0.2) is 18.9 Å². The molecule has 3 N–H and O–H groups in total. The maximum atomic E-state index is 12.2. The highest BCUT2D eigenvalue weighted by Gasteiger charge is 2.34. The van der Waals surface area contributed by atoms with Crippen LogP contribution in [0.3, 0.4) is 0 Å². The second-order valence-corrected chi connectivity index (χ2v) is 3.09. The fourth-order valence-corrected chi connectivity index (χ4v) is 1.25. The molecule has 0 saturated heterocycles. The van der Waals surface area contributed by atoms with Crippen molar-refractivity contribution < 1.29 is 27.4 Å². The molecule has 0 bridgehead atoms. The molecule has 5 nitrogen and oxygen atoms in total. The number of halogens is 3. The van der Waals surface area contributed by atoms with Gasteiger partial charge in [0, 0.05) is 0 Å². The number of nitrogens with one attached hydrogen (secondary N) is 1. The summed E-state index contributed by atoms with van der Waals surface area (Å²) in [6.45, 7) is 1.57. The highest BCUT2D eigenvalue weighted by molar-refractivity contribution is 5.94. The fraction of sp³-hybridized carbons (Fsp3) is 0.300. The Morgan fingerprint density at radius 2 is 2.11 bits per heavy atom. The highest BCUT2D eigenvalue weighted by atomic mass is 19.4. The summed E-state index contributed by atoms with van der Waals surface area (Å²) in [6, 6.07) is 3.74. The SMILES string of the molecule is CCOC(=O)c1cccc(NN)c1OC(F)(F)F. The third-order valence-corrected chi connectivity index (χ3v) is 1.88. The van der Waals surface area contributed by atoms with Gasteiger partial charge in [0.2, 0.25) is 0 Å². The van der Waals surface area contributed by atoms with E-state index in [9.17, 15) is 18.0 Å². The molecule has 100 valence electrons. The van der Waals surface area contributed by atoms with Crippen molar-refractivity contribution in [3.63, 3.8) is 0 Å². The van der Waals surface area contributed by atoms with Gasteiger partial charge >= 0.3 is 12.3 Å². The Morgan fingerprint density at radius 1 is 1.44 bits per heavy atom. The molecular formula is C10H11F3N2O3. The van der Waals surface area contributed by atoms with E-state index in [1.165, 1.54) is 19.1 Å². The van der Waals surface area contributed by atoms with E-state index in [0.29, 0.717) is 0 Å². The number of hydrogen-bond acceptors (Lipinski definition) is 5. The molecule has 1 aromatic carbocycles. The Morgan fingerprint density at radius 3 is 2.61 bits per heavy atom. The second kappa shape index (κ2) is 5.58. The van der Waals surface area contributed by atoms with Crippen LogP contribution in [0.2, 0.25) is 0 Å². The molecule has 0 heterocycles. The van der Waals surface area contributed by atoms with Gasteiger partial charge in [-0.05, 0) is 19.1 Å². The van der Waals surface area contributed by atoms with E-state index in [2.05, 4.69) is 9.47 Å². The van der Waals surface area contributed by atoms with E-state index >= 15 is 0 Å². The summed E-state index contributed by atoms with van der Waals surface area (Å²) >= 11 is 0. The topological polar surface area (TPSA) is 73.6 Å². The number of alkyl halides is 3. The quantitative estimate of drug-likeness (QED) is 0.494. The molecule has 0 saturated carbocycles. The number of hydrogen-bond donors (Lipinski definition) is 2. The van der Waals surface area contributed by atoms with Crippen LogP contribution in [0.5, 0.6) is 5.75 Å². The van der Waals surface area contributed by atoms with Gasteiger partial charge in [-0.2, -0.15) is 0 Å². The number of carbonyl (C=O) groups excluding carboxylic acids is 1. The number of carbonyl (C=O) groups is 1. The third-order valence-electron chi connectivity index (χ3n) is 1.88. The molecular weight excluding hydrogens is 253 g/mol. The van der Waals surface area contributed by atoms with Gasteiger partial charge in [-0.25, -0.2) is 4.79 Å². The zero-order chi connectivity index (χ0) is 13.8. The summed E-state index contributed by atoms with van der Waals surface area (Å²) in [5, 5.41) is 0. The lowest BCUT2D eigenvalue weighted by atomic mass is 10.1. The van der Waals surface area contributed by atoms with Crippen LogP contribution in [0.4, 0.5) is 18.9 Å². The smallest absolute Gasteiger partial charge is 0.462 e. The van der Waals surface area contributed by atoms with Crippen molar-refractivity contribution >= 4 is 11.7 Å². The van der Waals surface area contributed by atoms with Gasteiger partial charge in [0.15, 0.2) is 5.75 Å². The van der Waals surface area contributed by atoms with Gasteiger partial charge in [-0.1, -0.05) is 6.07 Å². The number of hydrazine groups is 1. The number of anilines is 1. The molecule has 0 aliphatic heterocycles. The van der Waals surface area contributed by atoms with Gasteiger partial charge in [-0.3, -0.25) is 5.84 Å². The first-order valence-electron chi connectivity index (χ1n) is 4.91. The summed E-state index contributed by atoms with van der Waals surface area (Å²) in [7, 11) is 0. The van der Waals surface area contributed by atoms with Crippen LogP contribution in [0.25, 0.3) is 0 Å². The van der Waals surface area contributed by atoms with Crippen LogP contribution in [0.15, 0.2) is 18.2 Å². The molecule has 0 amide bonds. The Kier molecular flexibility index (Phi) is 4.38. The van der Waals surface area contributed by atoms with Crippen molar-refractivity contribution in [2.45, 2.75) is 13.3 Å². The van der Waals surface area contributed by atoms with Crippen LogP contribution in [0.1, 0.15) is 17.3 Å². The van der Waals surface area contributed by atoms with Gasteiger partial charge in [0.05, 0.1) is 12.3 Å². The van der Waals surface area contributed by atoms with Crippen LogP contribution in [0, 0.1) is 0 Å². The Labute approximate surface area is 101 Å². The van der Waals surface area contributed by atoms with Crippen molar-refractivity contribution in [1.82, 2.24) is 0 Å². The van der Waals surface area contributed by atoms with Gasteiger partial charge in [-0.15, -0.1) is 13.2 Å². The minimum atomic E-state index is -4.94. The predicted molar refractivity (Wildman–Crippen MR) is 56.9 cm³/mol. The van der Waals surface area contributed by atoms with E-state index in [1.807, 2.05) is 5.43 Å². The monoisotopic (exact) mass is 264 g/mol. The zero-order valence-electron chi connectivity index (χ0n) is 9.38. The lowest BCUT2D eigenvalue weighted by molar-refractivity contribution is -0.274. The predicted octanol–water partition coefficient (Wildman–Crippen LogP) is 2.05. The van der Waals surface area contributed by atoms with Crippen LogP contribution < -0.4 is 16.0 Å². The average molecular weight is 264 g/mol. The minimum Gasteiger partial charge on any atom is -0.462 e. The summed E-state index contributed by atoms with van der Waals surface area (Å²) in [5.74, 6) is 3.42. The molecule has 0 aliphatic carbocycles. The van der Waals surface area contributed by atoms with Crippen molar-refractivity contribution in [2.24, 2.45) is 5.84 Å². The molecule has 0 aliphatic rings. The van der Waals surface area contributed by atoms with Crippen LogP contribution >= 0.6 is 0 Å². The summed E-state index contributed by atoms with van der Waals surface area (Å²) < 4.78 is 45.1. The van der Waals surface area contributed by atoms with Crippen molar-refractivity contribution in [3.8, 4) is 5.75 Å².